The fraction of sp³-hybridized carbons (Fsp3) is 0.553. The van der Waals surface area contributed by atoms with Crippen LogP contribution in [0.4, 0.5) is 0 Å². The monoisotopic (exact) mass is 1130 g/mol. The molecule has 2 bridgehead atoms. The van der Waals surface area contributed by atoms with E-state index in [2.05, 4.69) is 69.7 Å². The lowest BCUT2D eigenvalue weighted by atomic mass is 10.0. The zero-order chi connectivity index (χ0) is 56.9. The average molecular weight is 1130 g/mol. The van der Waals surface area contributed by atoms with Gasteiger partial charge in [-0.15, -0.1) is 24.1 Å². The van der Waals surface area contributed by atoms with Gasteiger partial charge in [0.2, 0.25) is 65.0 Å². The summed E-state index contributed by atoms with van der Waals surface area (Å²) in [5, 5.41) is 47.9. The van der Waals surface area contributed by atoms with Crippen molar-refractivity contribution in [2.24, 2.45) is 5.73 Å². The maximum Gasteiger partial charge on any atom is 0.305 e. The second-order valence-corrected chi connectivity index (χ2v) is 21.0. The van der Waals surface area contributed by atoms with Crippen molar-refractivity contribution in [1.82, 2.24) is 63.8 Å². The fourth-order valence-corrected chi connectivity index (χ4v) is 10.6. The van der Waals surface area contributed by atoms with Crippen LogP contribution in [0.25, 0.3) is 0 Å². The summed E-state index contributed by atoms with van der Waals surface area (Å²) in [6.07, 6.45) is 4.66. The van der Waals surface area contributed by atoms with Crippen molar-refractivity contribution in [2.75, 3.05) is 49.2 Å². The summed E-state index contributed by atoms with van der Waals surface area (Å²) in [7, 11) is 1.85. The molecule has 2 saturated heterocycles. The molecule has 2 aliphatic rings. The van der Waals surface area contributed by atoms with E-state index in [-0.39, 0.29) is 93.6 Å². The number of carbonyl (C=O) groups excluding carboxylic acids is 11. The highest BCUT2D eigenvalue weighted by Crippen LogP contribution is 2.24. The molecule has 0 aromatic heterocycles. The van der Waals surface area contributed by atoms with Crippen LogP contribution in [0.2, 0.25) is 0 Å². The Kier molecular flexibility index (Phi) is 28.6. The van der Waals surface area contributed by atoms with E-state index in [1.165, 1.54) is 6.92 Å². The standard InChI is InChI=1S/C47H68N14O13S3/c1-4-12-28(54-26(3)62)39(67)51-17-10-9-15-30-42(70)60-34-23-76-77-24-35(61-44(72)32(20-38(65)66)56-36(63)21-53-40(68)29(57-45(34)73)16-11-18-52-47(48)49)46(74)58-31(19-27-13-7-6-8-14-27)43(71)59-33(41(69)50-5-2)22-75-25-37(64)55-30/h1,6-8,13-14,28-35H,5,9-12,15-25H2,2-3H3,(H,50,69)(H,51,67)(H,53,68)(H,54,62)(H,55,64)(H,56,63)(H,57,73)(H,58,74)(H,59,71)(H,60,70)(H,61,72)(H,65,66)(H4,48,49,52)/t28?,29-,30-,31-,32-,33-,34-,35-/m0/s1. The minimum Gasteiger partial charge on any atom is -0.481 e. The third-order valence-corrected chi connectivity index (χ3v) is 14.7. The number of hydrogen-bond donors (Lipinski definition) is 15. The maximum atomic E-state index is 14.4. The molecular weight excluding hydrogens is 1060 g/mol. The first-order chi connectivity index (χ1) is 36.7. The van der Waals surface area contributed by atoms with Gasteiger partial charge in [-0.3, -0.25) is 62.9 Å². The molecule has 0 aliphatic carbocycles. The van der Waals surface area contributed by atoms with Crippen LogP contribution in [0.3, 0.4) is 0 Å². The largest absolute Gasteiger partial charge is 0.481 e. The number of carboxylic acid groups (broad SMARTS) is 1. The zero-order valence-corrected chi connectivity index (χ0v) is 45.0. The van der Waals surface area contributed by atoms with Crippen LogP contribution >= 0.6 is 33.3 Å². The van der Waals surface area contributed by atoms with Gasteiger partial charge in [-0.25, -0.2) is 0 Å². The Morgan fingerprint density at radius 1 is 0.727 bits per heavy atom. The van der Waals surface area contributed by atoms with E-state index in [1.807, 2.05) is 0 Å². The van der Waals surface area contributed by atoms with Crippen LogP contribution in [0.5, 0.6) is 0 Å². The van der Waals surface area contributed by atoms with Crippen molar-refractivity contribution in [3.05, 3.63) is 35.9 Å². The van der Waals surface area contributed by atoms with Gasteiger partial charge < -0.3 is 74.6 Å². The molecule has 30 heteroatoms. The van der Waals surface area contributed by atoms with Gasteiger partial charge in [-0.1, -0.05) is 51.9 Å². The molecule has 27 nitrogen and oxygen atoms in total. The number of benzene rings is 1. The van der Waals surface area contributed by atoms with Crippen molar-refractivity contribution in [3.8, 4) is 12.3 Å². The number of thioether (sulfide) groups is 1. The van der Waals surface area contributed by atoms with Crippen molar-refractivity contribution >= 4 is 110 Å². The van der Waals surface area contributed by atoms with Gasteiger partial charge in [-0.05, 0) is 44.6 Å². The zero-order valence-electron chi connectivity index (χ0n) is 42.5. The summed E-state index contributed by atoms with van der Waals surface area (Å²) in [5.41, 5.74) is 5.99. The van der Waals surface area contributed by atoms with E-state index in [0.717, 1.165) is 33.3 Å². The van der Waals surface area contributed by atoms with Crippen molar-refractivity contribution < 1.29 is 62.6 Å². The Labute approximate surface area is 457 Å². The third kappa shape index (κ3) is 24.5. The summed E-state index contributed by atoms with van der Waals surface area (Å²) in [6.45, 7) is 2.37. The van der Waals surface area contributed by atoms with Crippen LogP contribution in [0.15, 0.2) is 30.3 Å². The number of amides is 11. The number of carboxylic acids is 1. The Bertz CT molecular complexity index is 2330. The molecule has 1 unspecified atom stereocenters. The average Bonchev–Trinajstić information content (AvgIpc) is 3.37. The molecule has 1 aromatic carbocycles. The molecule has 1 aromatic rings. The molecule has 11 amide bonds. The molecule has 3 rings (SSSR count). The fourth-order valence-electron chi connectivity index (χ4n) is 7.37. The van der Waals surface area contributed by atoms with Gasteiger partial charge in [0.1, 0.15) is 48.3 Å². The summed E-state index contributed by atoms with van der Waals surface area (Å²) in [4.78, 5) is 162. The van der Waals surface area contributed by atoms with Crippen molar-refractivity contribution in [3.63, 3.8) is 0 Å². The predicted molar refractivity (Wildman–Crippen MR) is 287 cm³/mol. The first-order valence-electron chi connectivity index (χ1n) is 24.5. The van der Waals surface area contributed by atoms with E-state index < -0.39 is 132 Å². The third-order valence-electron chi connectivity index (χ3n) is 11.2. The summed E-state index contributed by atoms with van der Waals surface area (Å²) < 4.78 is 0. The number of rotatable bonds is 18. The number of fused-ring (bicyclic) bond motifs is 5. The van der Waals surface area contributed by atoms with E-state index in [4.69, 9.17) is 17.6 Å². The maximum absolute atomic E-state index is 14.4. The minimum absolute atomic E-state index is 0.0518. The molecule has 77 heavy (non-hydrogen) atoms. The molecular formula is C47H68N14O13S3. The summed E-state index contributed by atoms with van der Waals surface area (Å²) in [6, 6.07) is -2.73. The number of nitrogens with one attached hydrogen (secondary N) is 13. The molecule has 16 N–H and O–H groups in total. The summed E-state index contributed by atoms with van der Waals surface area (Å²) >= 11 is 0.929. The first-order valence-corrected chi connectivity index (χ1v) is 28.1. The van der Waals surface area contributed by atoms with Gasteiger partial charge in [0.05, 0.1) is 18.7 Å². The van der Waals surface area contributed by atoms with E-state index in [0.29, 0.717) is 5.56 Å². The van der Waals surface area contributed by atoms with Crippen LogP contribution in [-0.2, 0) is 64.0 Å². The van der Waals surface area contributed by atoms with Gasteiger partial charge in [0.15, 0.2) is 5.96 Å². The molecule has 0 radical (unpaired) electrons. The highest BCUT2D eigenvalue weighted by Gasteiger charge is 2.35. The van der Waals surface area contributed by atoms with Gasteiger partial charge in [-0.2, -0.15) is 0 Å². The van der Waals surface area contributed by atoms with Gasteiger partial charge in [0.25, 0.3) is 0 Å². The highest BCUT2D eigenvalue weighted by molar-refractivity contribution is 8.76. The summed E-state index contributed by atoms with van der Waals surface area (Å²) in [5.74, 6) is -9.60. The van der Waals surface area contributed by atoms with Crippen molar-refractivity contribution in [2.45, 2.75) is 114 Å². The van der Waals surface area contributed by atoms with Crippen LogP contribution in [-0.4, -0.2) is 180 Å². The molecule has 2 fully saturated rings. The molecule has 2 aliphatic heterocycles. The molecule has 0 spiro atoms. The lowest BCUT2D eigenvalue weighted by Crippen LogP contribution is -2.60. The highest BCUT2D eigenvalue weighted by atomic mass is 33.1. The van der Waals surface area contributed by atoms with Crippen molar-refractivity contribution in [1.29, 1.82) is 5.41 Å². The Hall–Kier alpha value is -7.26. The van der Waals surface area contributed by atoms with Gasteiger partial charge in [0, 0.05) is 56.7 Å². The molecule has 0 saturated carbocycles. The topological polar surface area (TPSA) is 419 Å². The number of unbranched alkanes of at least 4 members (excludes halogenated alkanes) is 1. The molecule has 422 valence electrons. The lowest BCUT2D eigenvalue weighted by Gasteiger charge is -2.27. The number of terminal acetylenes is 1. The number of hydrogen-bond acceptors (Lipinski definition) is 16. The Morgan fingerprint density at radius 2 is 1.31 bits per heavy atom. The Morgan fingerprint density at radius 3 is 1.92 bits per heavy atom. The Balaban J connectivity index is 2.13. The first kappa shape index (κ1) is 64.0. The normalized spacial score (nSPS) is 23.0. The van der Waals surface area contributed by atoms with E-state index >= 15 is 0 Å². The number of nitrogens with two attached hydrogens (primary N) is 1. The second-order valence-electron chi connectivity index (χ2n) is 17.5. The van der Waals surface area contributed by atoms with Crippen LogP contribution in [0, 0.1) is 17.8 Å². The number of carbonyl (C=O) groups is 12. The van der Waals surface area contributed by atoms with E-state index in [9.17, 15) is 62.6 Å². The number of aliphatic carboxylic acids is 1. The number of likely N-dealkylation sites (N-methyl/N-ethyl adjacent to an activating group) is 1. The molecule has 2 heterocycles. The van der Waals surface area contributed by atoms with Crippen LogP contribution < -0.4 is 69.5 Å². The lowest BCUT2D eigenvalue weighted by molar-refractivity contribution is -0.141. The second kappa shape index (κ2) is 34.4. The quantitative estimate of drug-likeness (QED) is 0.0217. The SMILES string of the molecule is C#CCC(NC(C)=O)C(=O)NCCCC[C@@H]1NC(=O)CSC[C@@H](C(=O)NCC)NC(=O)[C@H](Cc2ccccc2)NC(=O)[C@@H]2CSSC[C@H](NC1=O)C(=O)N[C@@H](CCCNC(=N)N)C(=O)NCC(=O)N[C@@H](CC(=O)O)C(=O)N2. The van der Waals surface area contributed by atoms with Gasteiger partial charge >= 0.3 is 5.97 Å². The minimum atomic E-state index is -1.79. The predicted octanol–water partition coefficient (Wildman–Crippen LogP) is -4.43. The number of guanidine groups is 1. The molecule has 8 atom stereocenters. The smallest absolute Gasteiger partial charge is 0.305 e. The van der Waals surface area contributed by atoms with Crippen LogP contribution in [0.1, 0.15) is 64.4 Å². The van der Waals surface area contributed by atoms with E-state index in [1.54, 1.807) is 37.3 Å².